The van der Waals surface area contributed by atoms with Crippen LogP contribution in [0.1, 0.15) is 13.3 Å². The molecule has 0 spiro atoms. The van der Waals surface area contributed by atoms with Gasteiger partial charge in [-0.05, 0) is 24.2 Å². The van der Waals surface area contributed by atoms with Crippen molar-refractivity contribution in [3.63, 3.8) is 0 Å². The Hall–Kier alpha value is 0.827. The zero-order valence-corrected chi connectivity index (χ0v) is 10.1. The topological polar surface area (TPSA) is 0 Å². The number of fused-ring (bicyclic) bond motifs is 2. The summed E-state index contributed by atoms with van der Waals surface area (Å²) in [6.07, 6.45) is 5.74. The predicted octanol–water partition coefficient (Wildman–Crippen LogP) is 3.85. The van der Waals surface area contributed by atoms with Crippen LogP contribution < -0.4 is 0 Å². The van der Waals surface area contributed by atoms with E-state index in [0.717, 1.165) is 0 Å². The molecule has 0 nitrogen and oxygen atoms in total. The van der Waals surface area contributed by atoms with E-state index in [9.17, 15) is 0 Å². The number of allylic oxidation sites excluding steroid dienone is 2. The molecule has 2 aliphatic rings. The summed E-state index contributed by atoms with van der Waals surface area (Å²) in [5.41, 5.74) is 0.359. The zero-order valence-electron chi connectivity index (χ0n) is 6.81. The van der Waals surface area contributed by atoms with E-state index in [-0.39, 0.29) is 0 Å². The van der Waals surface area contributed by atoms with Crippen molar-refractivity contribution < 1.29 is 0 Å². The van der Waals surface area contributed by atoms with Crippen molar-refractivity contribution in [3.05, 3.63) is 12.2 Å². The fourth-order valence-corrected chi connectivity index (χ4v) is 7.43. The van der Waals surface area contributed by atoms with Gasteiger partial charge in [0, 0.05) is 5.54 Å². The molecule has 1 fully saturated rings. The second-order valence-electron chi connectivity index (χ2n) is 3.87. The van der Waals surface area contributed by atoms with E-state index in [1.54, 1.807) is 0 Å². The monoisotopic (exact) mass is 240 g/mol. The summed E-state index contributed by atoms with van der Waals surface area (Å²) in [4.78, 5) is 0. The summed E-state index contributed by atoms with van der Waals surface area (Å²) >= 11 is 18.2. The maximum atomic E-state index is 6.06. The third kappa shape index (κ3) is 1.35. The molecule has 4 heteroatoms. The SMILES string of the molecule is CC1C2C=CC(C2)C1[Si](Cl)(Cl)Cl. The van der Waals surface area contributed by atoms with E-state index in [0.29, 0.717) is 23.3 Å². The van der Waals surface area contributed by atoms with Crippen LogP contribution in [0.2, 0.25) is 5.54 Å². The lowest BCUT2D eigenvalue weighted by atomic mass is 9.95. The highest BCUT2D eigenvalue weighted by Gasteiger charge is 2.52. The summed E-state index contributed by atoms with van der Waals surface area (Å²) in [6, 6.07) is -2.48. The van der Waals surface area contributed by atoms with Crippen LogP contribution in [0.25, 0.3) is 0 Å². The summed E-state index contributed by atoms with van der Waals surface area (Å²) in [5.74, 6) is 1.83. The molecule has 2 aliphatic carbocycles. The quantitative estimate of drug-likeness (QED) is 0.372. The molecule has 0 heterocycles. The first kappa shape index (κ1) is 9.38. The molecule has 2 bridgehead atoms. The van der Waals surface area contributed by atoms with Crippen molar-refractivity contribution in [2.24, 2.45) is 17.8 Å². The Balaban J connectivity index is 2.24. The summed E-state index contributed by atoms with van der Waals surface area (Å²) in [5, 5.41) is 0. The highest BCUT2D eigenvalue weighted by molar-refractivity contribution is 7.65. The molecule has 12 heavy (non-hydrogen) atoms. The van der Waals surface area contributed by atoms with Crippen LogP contribution in [0.3, 0.4) is 0 Å². The molecule has 4 atom stereocenters. The van der Waals surface area contributed by atoms with Crippen molar-refractivity contribution >= 4 is 39.2 Å². The standard InChI is InChI=1S/C8H11Cl3Si/c1-5-6-2-3-7(4-6)8(5)12(9,10)11/h2-3,5-8H,4H2,1H3. The first-order valence-electron chi connectivity index (χ1n) is 4.25. The maximum absolute atomic E-state index is 6.06. The Morgan fingerprint density at radius 2 is 1.75 bits per heavy atom. The first-order chi connectivity index (χ1) is 5.50. The number of halogens is 3. The second kappa shape index (κ2) is 2.91. The van der Waals surface area contributed by atoms with Crippen LogP contribution in [-0.2, 0) is 0 Å². The van der Waals surface area contributed by atoms with Gasteiger partial charge in [-0.15, -0.1) is 33.2 Å². The third-order valence-corrected chi connectivity index (χ3v) is 7.21. The second-order valence-corrected chi connectivity index (χ2v) is 12.7. The van der Waals surface area contributed by atoms with Crippen molar-refractivity contribution in [2.45, 2.75) is 18.9 Å². The Bertz CT molecular complexity index is 221. The van der Waals surface area contributed by atoms with Gasteiger partial charge < -0.3 is 0 Å². The molecule has 0 radical (unpaired) electrons. The van der Waals surface area contributed by atoms with Gasteiger partial charge in [0.15, 0.2) is 0 Å². The smallest absolute Gasteiger partial charge is 0.126 e. The Kier molecular flexibility index (Phi) is 2.28. The molecule has 0 aromatic heterocycles. The molecule has 0 aromatic rings. The average Bonchev–Trinajstić information content (AvgIpc) is 2.42. The highest BCUT2D eigenvalue weighted by atomic mass is 35.8. The Morgan fingerprint density at radius 3 is 2.08 bits per heavy atom. The molecular formula is C8H11Cl3Si. The normalized spacial score (nSPS) is 45.7. The van der Waals surface area contributed by atoms with Crippen molar-refractivity contribution in [2.75, 3.05) is 0 Å². The fourth-order valence-electron chi connectivity index (χ4n) is 2.61. The van der Waals surface area contributed by atoms with Crippen molar-refractivity contribution in [1.29, 1.82) is 0 Å². The van der Waals surface area contributed by atoms with Crippen LogP contribution in [0, 0.1) is 17.8 Å². The van der Waals surface area contributed by atoms with Gasteiger partial charge in [0.2, 0.25) is 0 Å². The first-order valence-corrected chi connectivity index (χ1v) is 9.36. The lowest BCUT2D eigenvalue weighted by Crippen LogP contribution is -2.28. The Morgan fingerprint density at radius 1 is 1.17 bits per heavy atom. The van der Waals surface area contributed by atoms with Gasteiger partial charge in [0.1, 0.15) is 0 Å². The van der Waals surface area contributed by atoms with Crippen molar-refractivity contribution in [1.82, 2.24) is 0 Å². The molecule has 1 saturated carbocycles. The van der Waals surface area contributed by atoms with Gasteiger partial charge in [-0.3, -0.25) is 0 Å². The fraction of sp³-hybridized carbons (Fsp3) is 0.750. The minimum Gasteiger partial charge on any atom is -0.126 e. The van der Waals surface area contributed by atoms with Gasteiger partial charge in [-0.25, -0.2) is 0 Å². The molecule has 0 aliphatic heterocycles. The van der Waals surface area contributed by atoms with Gasteiger partial charge in [-0.2, -0.15) is 0 Å². The number of rotatable bonds is 1. The summed E-state index contributed by atoms with van der Waals surface area (Å²) < 4.78 is 0. The Labute approximate surface area is 88.0 Å². The molecule has 0 amide bonds. The lowest BCUT2D eigenvalue weighted by molar-refractivity contribution is 0.490. The van der Waals surface area contributed by atoms with Crippen LogP contribution in [0.5, 0.6) is 0 Å². The van der Waals surface area contributed by atoms with Crippen molar-refractivity contribution in [3.8, 4) is 0 Å². The number of hydrogen-bond donors (Lipinski definition) is 0. The molecule has 0 saturated heterocycles. The molecule has 0 N–H and O–H groups in total. The van der Waals surface area contributed by atoms with E-state index >= 15 is 0 Å². The zero-order chi connectivity index (χ0) is 8.93. The van der Waals surface area contributed by atoms with E-state index in [1.165, 1.54) is 6.42 Å². The van der Waals surface area contributed by atoms with E-state index in [4.69, 9.17) is 33.2 Å². The minimum atomic E-state index is -2.48. The lowest BCUT2D eigenvalue weighted by Gasteiger charge is -2.28. The molecule has 4 unspecified atom stereocenters. The predicted molar refractivity (Wildman–Crippen MR) is 57.0 cm³/mol. The molecular weight excluding hydrogens is 231 g/mol. The molecule has 68 valence electrons. The largest absolute Gasteiger partial charge is 0.345 e. The number of hydrogen-bond acceptors (Lipinski definition) is 0. The van der Waals surface area contributed by atoms with Crippen LogP contribution in [0.4, 0.5) is 0 Å². The maximum Gasteiger partial charge on any atom is 0.345 e. The van der Waals surface area contributed by atoms with E-state index in [1.807, 2.05) is 0 Å². The van der Waals surface area contributed by atoms with Gasteiger partial charge in [0.05, 0.1) is 0 Å². The van der Waals surface area contributed by atoms with E-state index in [2.05, 4.69) is 19.1 Å². The molecule has 0 aromatic carbocycles. The van der Waals surface area contributed by atoms with Crippen LogP contribution in [0.15, 0.2) is 12.2 Å². The average molecular weight is 242 g/mol. The van der Waals surface area contributed by atoms with Gasteiger partial charge in [0.25, 0.3) is 0 Å². The minimum absolute atomic E-state index is 0.359. The van der Waals surface area contributed by atoms with Gasteiger partial charge >= 0.3 is 6.00 Å². The van der Waals surface area contributed by atoms with Crippen LogP contribution in [-0.4, -0.2) is 6.00 Å². The molecule has 2 rings (SSSR count). The third-order valence-electron chi connectivity index (χ3n) is 3.23. The van der Waals surface area contributed by atoms with Gasteiger partial charge in [-0.1, -0.05) is 19.1 Å². The van der Waals surface area contributed by atoms with E-state index < -0.39 is 6.00 Å². The van der Waals surface area contributed by atoms with Crippen LogP contribution >= 0.6 is 33.2 Å². The summed E-state index contributed by atoms with van der Waals surface area (Å²) in [6.45, 7) is 2.22. The summed E-state index contributed by atoms with van der Waals surface area (Å²) in [7, 11) is 0. The highest BCUT2D eigenvalue weighted by Crippen LogP contribution is 2.58.